The van der Waals surface area contributed by atoms with Gasteiger partial charge in [0.1, 0.15) is 0 Å². The minimum atomic E-state index is -0.587. The Morgan fingerprint density at radius 3 is 2.68 bits per heavy atom. The predicted octanol–water partition coefficient (Wildman–Crippen LogP) is 2.74. The number of aromatic nitrogens is 1. The summed E-state index contributed by atoms with van der Waals surface area (Å²) in [6, 6.07) is 12.6. The standard InChI is InChI=1S/C14H13FN2OS/c15-13-7-6-11(10-17-13)14(18)16-8-9-19-12-4-2-1-3-5-12/h1-7,10H,8-9H2,(H,16,18). The van der Waals surface area contributed by atoms with Crippen molar-refractivity contribution in [2.24, 2.45) is 0 Å². The summed E-state index contributed by atoms with van der Waals surface area (Å²) in [5, 5.41) is 2.77. The molecule has 1 amide bonds. The first-order chi connectivity index (χ1) is 9.25. The molecule has 0 aliphatic heterocycles. The van der Waals surface area contributed by atoms with Crippen LogP contribution in [-0.4, -0.2) is 23.2 Å². The fourth-order valence-electron chi connectivity index (χ4n) is 1.46. The zero-order valence-corrected chi connectivity index (χ0v) is 11.0. The zero-order chi connectivity index (χ0) is 13.5. The summed E-state index contributed by atoms with van der Waals surface area (Å²) >= 11 is 1.67. The molecule has 0 atom stereocenters. The monoisotopic (exact) mass is 276 g/mol. The van der Waals surface area contributed by atoms with Crippen molar-refractivity contribution in [3.05, 3.63) is 60.2 Å². The Morgan fingerprint density at radius 2 is 2.00 bits per heavy atom. The van der Waals surface area contributed by atoms with Crippen LogP contribution in [0.1, 0.15) is 10.4 Å². The van der Waals surface area contributed by atoms with Crippen molar-refractivity contribution in [1.29, 1.82) is 0 Å². The molecule has 0 spiro atoms. The molecule has 0 aliphatic rings. The van der Waals surface area contributed by atoms with Gasteiger partial charge in [-0.3, -0.25) is 4.79 Å². The number of amides is 1. The molecule has 0 aliphatic carbocycles. The van der Waals surface area contributed by atoms with Gasteiger partial charge in [-0.05, 0) is 24.3 Å². The molecule has 0 unspecified atom stereocenters. The van der Waals surface area contributed by atoms with Gasteiger partial charge in [0.2, 0.25) is 5.95 Å². The van der Waals surface area contributed by atoms with E-state index >= 15 is 0 Å². The van der Waals surface area contributed by atoms with Gasteiger partial charge in [0.15, 0.2) is 0 Å². The Morgan fingerprint density at radius 1 is 1.21 bits per heavy atom. The van der Waals surface area contributed by atoms with Gasteiger partial charge in [-0.1, -0.05) is 18.2 Å². The Labute approximate surface area is 115 Å². The van der Waals surface area contributed by atoms with Gasteiger partial charge < -0.3 is 5.32 Å². The van der Waals surface area contributed by atoms with Crippen LogP contribution in [0.4, 0.5) is 4.39 Å². The maximum absolute atomic E-state index is 12.6. The number of hydrogen-bond donors (Lipinski definition) is 1. The van der Waals surface area contributed by atoms with Crippen molar-refractivity contribution in [2.75, 3.05) is 12.3 Å². The summed E-state index contributed by atoms with van der Waals surface area (Å²) in [6.45, 7) is 0.551. The fourth-order valence-corrected chi connectivity index (χ4v) is 2.25. The van der Waals surface area contributed by atoms with Crippen LogP contribution < -0.4 is 5.32 Å². The van der Waals surface area contributed by atoms with Crippen molar-refractivity contribution in [2.45, 2.75) is 4.90 Å². The van der Waals surface area contributed by atoms with Crippen LogP contribution in [0.2, 0.25) is 0 Å². The van der Waals surface area contributed by atoms with Crippen molar-refractivity contribution in [1.82, 2.24) is 10.3 Å². The second-order valence-electron chi connectivity index (χ2n) is 3.79. The van der Waals surface area contributed by atoms with Crippen LogP contribution in [0.3, 0.4) is 0 Å². The molecule has 5 heteroatoms. The Hall–Kier alpha value is -1.88. The number of pyridine rings is 1. The number of hydrogen-bond acceptors (Lipinski definition) is 3. The van der Waals surface area contributed by atoms with E-state index in [1.54, 1.807) is 11.8 Å². The number of nitrogens with zero attached hydrogens (tertiary/aromatic N) is 1. The third-order valence-electron chi connectivity index (χ3n) is 2.39. The average Bonchev–Trinajstić information content (AvgIpc) is 2.45. The van der Waals surface area contributed by atoms with Crippen molar-refractivity contribution in [3.63, 3.8) is 0 Å². The van der Waals surface area contributed by atoms with Gasteiger partial charge in [-0.15, -0.1) is 11.8 Å². The van der Waals surface area contributed by atoms with Crippen LogP contribution in [0.25, 0.3) is 0 Å². The van der Waals surface area contributed by atoms with Gasteiger partial charge >= 0.3 is 0 Å². The van der Waals surface area contributed by atoms with E-state index in [0.29, 0.717) is 12.1 Å². The van der Waals surface area contributed by atoms with Gasteiger partial charge in [-0.2, -0.15) is 4.39 Å². The molecule has 1 heterocycles. The summed E-state index contributed by atoms with van der Waals surface area (Å²) < 4.78 is 12.6. The predicted molar refractivity (Wildman–Crippen MR) is 73.7 cm³/mol. The second kappa shape index (κ2) is 6.89. The van der Waals surface area contributed by atoms with E-state index in [1.165, 1.54) is 23.2 Å². The zero-order valence-electron chi connectivity index (χ0n) is 10.2. The summed E-state index contributed by atoms with van der Waals surface area (Å²) in [5.74, 6) is -0.0398. The number of benzene rings is 1. The normalized spacial score (nSPS) is 10.2. The molecule has 0 bridgehead atoms. The largest absolute Gasteiger partial charge is 0.351 e. The van der Waals surface area contributed by atoms with Gasteiger partial charge in [0.05, 0.1) is 5.56 Å². The average molecular weight is 276 g/mol. The lowest BCUT2D eigenvalue weighted by Gasteiger charge is -2.05. The summed E-state index contributed by atoms with van der Waals surface area (Å²) in [5.41, 5.74) is 0.367. The third-order valence-corrected chi connectivity index (χ3v) is 3.40. The van der Waals surface area contributed by atoms with E-state index in [9.17, 15) is 9.18 Å². The molecular weight excluding hydrogens is 263 g/mol. The van der Waals surface area contributed by atoms with Gasteiger partial charge in [0, 0.05) is 23.4 Å². The topological polar surface area (TPSA) is 42.0 Å². The van der Waals surface area contributed by atoms with Gasteiger partial charge in [0.25, 0.3) is 5.91 Å². The van der Waals surface area contributed by atoms with E-state index in [2.05, 4.69) is 10.3 Å². The lowest BCUT2D eigenvalue weighted by molar-refractivity contribution is 0.0955. The molecule has 3 nitrogen and oxygen atoms in total. The van der Waals surface area contributed by atoms with Gasteiger partial charge in [-0.25, -0.2) is 4.98 Å². The number of carbonyl (C=O) groups is 1. The second-order valence-corrected chi connectivity index (χ2v) is 4.96. The first-order valence-corrected chi connectivity index (χ1v) is 6.82. The molecule has 0 radical (unpaired) electrons. The maximum Gasteiger partial charge on any atom is 0.252 e. The molecule has 1 aromatic heterocycles. The maximum atomic E-state index is 12.6. The van der Waals surface area contributed by atoms with Crippen molar-refractivity contribution in [3.8, 4) is 0 Å². The summed E-state index contributed by atoms with van der Waals surface area (Å²) in [7, 11) is 0. The Kier molecular flexibility index (Phi) is 4.92. The molecule has 2 aromatic rings. The molecule has 0 saturated heterocycles. The van der Waals surface area contributed by atoms with E-state index in [1.807, 2.05) is 30.3 Å². The highest BCUT2D eigenvalue weighted by Gasteiger charge is 2.05. The molecule has 1 aromatic carbocycles. The smallest absolute Gasteiger partial charge is 0.252 e. The minimum Gasteiger partial charge on any atom is -0.351 e. The highest BCUT2D eigenvalue weighted by molar-refractivity contribution is 7.99. The van der Waals surface area contributed by atoms with Crippen LogP contribution in [0.5, 0.6) is 0 Å². The first kappa shape index (κ1) is 13.5. The fraction of sp³-hybridized carbons (Fsp3) is 0.143. The quantitative estimate of drug-likeness (QED) is 0.519. The van der Waals surface area contributed by atoms with E-state index in [4.69, 9.17) is 0 Å². The SMILES string of the molecule is O=C(NCCSc1ccccc1)c1ccc(F)nc1. The third kappa shape index (κ3) is 4.37. The highest BCUT2D eigenvalue weighted by atomic mass is 32.2. The van der Waals surface area contributed by atoms with Crippen LogP contribution in [0.15, 0.2) is 53.6 Å². The molecule has 98 valence electrons. The van der Waals surface area contributed by atoms with Crippen molar-refractivity contribution < 1.29 is 9.18 Å². The van der Waals surface area contributed by atoms with Crippen LogP contribution in [-0.2, 0) is 0 Å². The van der Waals surface area contributed by atoms with Crippen LogP contribution in [0, 0.1) is 5.95 Å². The lowest BCUT2D eigenvalue weighted by Crippen LogP contribution is -2.25. The number of carbonyl (C=O) groups excluding carboxylic acids is 1. The molecule has 0 saturated carbocycles. The number of halogens is 1. The highest BCUT2D eigenvalue weighted by Crippen LogP contribution is 2.15. The number of thioether (sulfide) groups is 1. The molecule has 19 heavy (non-hydrogen) atoms. The van der Waals surface area contributed by atoms with E-state index in [-0.39, 0.29) is 5.91 Å². The van der Waals surface area contributed by atoms with E-state index < -0.39 is 5.95 Å². The minimum absolute atomic E-state index is 0.235. The Balaban J connectivity index is 1.74. The number of rotatable bonds is 5. The molecule has 0 fully saturated rings. The molecule has 1 N–H and O–H groups in total. The summed E-state index contributed by atoms with van der Waals surface area (Å²) in [6.07, 6.45) is 1.23. The van der Waals surface area contributed by atoms with E-state index in [0.717, 1.165) is 5.75 Å². The lowest BCUT2D eigenvalue weighted by atomic mass is 10.3. The number of nitrogens with one attached hydrogen (secondary N) is 1. The molecular formula is C14H13FN2OS. The molecule has 2 rings (SSSR count). The summed E-state index contributed by atoms with van der Waals surface area (Å²) in [4.78, 5) is 16.3. The van der Waals surface area contributed by atoms with Crippen LogP contribution >= 0.6 is 11.8 Å². The first-order valence-electron chi connectivity index (χ1n) is 5.83. The van der Waals surface area contributed by atoms with Crippen molar-refractivity contribution >= 4 is 17.7 Å². The Bertz CT molecular complexity index is 531.